The number of carbonyl (C=O) groups excluding carboxylic acids is 2. The smallest absolute Gasteiger partial charge is 0.311 e. The topological polar surface area (TPSA) is 75.6 Å². The van der Waals surface area contributed by atoms with Crippen LogP contribution < -0.4 is 5.32 Å². The average Bonchev–Trinajstić information content (AvgIpc) is 2.64. The van der Waals surface area contributed by atoms with E-state index in [1.807, 2.05) is 19.1 Å². The SMILES string of the molecule is COC(=O)[CH]C(CCCCCCCCC=O)NC(C)c1ccc(O)cc1. The number of phenolic OH excluding ortho intramolecular Hbond substituents is 1. The van der Waals surface area contributed by atoms with Crippen molar-refractivity contribution in [3.05, 3.63) is 36.2 Å². The van der Waals surface area contributed by atoms with Crippen LogP contribution in [0.2, 0.25) is 0 Å². The molecule has 0 aliphatic rings. The van der Waals surface area contributed by atoms with Crippen molar-refractivity contribution in [3.8, 4) is 5.75 Å². The summed E-state index contributed by atoms with van der Waals surface area (Å²) in [5.41, 5.74) is 1.06. The van der Waals surface area contributed by atoms with Crippen molar-refractivity contribution in [1.29, 1.82) is 0 Å². The molecule has 0 spiro atoms. The van der Waals surface area contributed by atoms with Gasteiger partial charge in [0.2, 0.25) is 0 Å². The minimum Gasteiger partial charge on any atom is -0.508 e. The lowest BCUT2D eigenvalue weighted by Crippen LogP contribution is -2.34. The maximum atomic E-state index is 11.6. The maximum Gasteiger partial charge on any atom is 0.311 e. The van der Waals surface area contributed by atoms with Crippen LogP contribution in [0.1, 0.15) is 69.9 Å². The van der Waals surface area contributed by atoms with E-state index in [1.54, 1.807) is 18.6 Å². The summed E-state index contributed by atoms with van der Waals surface area (Å²) in [5.74, 6) is -0.0824. The molecule has 0 heterocycles. The van der Waals surface area contributed by atoms with Crippen LogP contribution in [0.25, 0.3) is 0 Å². The first kappa shape index (κ1) is 22.2. The van der Waals surface area contributed by atoms with Crippen molar-refractivity contribution in [2.45, 2.75) is 70.4 Å². The number of ether oxygens (including phenoxy) is 1. The third-order valence-electron chi connectivity index (χ3n) is 4.48. The highest BCUT2D eigenvalue weighted by atomic mass is 16.5. The van der Waals surface area contributed by atoms with E-state index in [0.29, 0.717) is 6.42 Å². The lowest BCUT2D eigenvalue weighted by atomic mass is 10.0. The molecule has 5 nitrogen and oxygen atoms in total. The van der Waals surface area contributed by atoms with Gasteiger partial charge in [-0.2, -0.15) is 0 Å². The molecule has 0 fully saturated rings. The molecular weight excluding hydrogens is 330 g/mol. The molecule has 2 unspecified atom stereocenters. The maximum absolute atomic E-state index is 11.6. The van der Waals surface area contributed by atoms with Gasteiger partial charge in [0.25, 0.3) is 0 Å². The molecule has 1 rings (SSSR count). The molecule has 0 amide bonds. The number of hydrogen-bond acceptors (Lipinski definition) is 5. The molecule has 0 saturated carbocycles. The van der Waals surface area contributed by atoms with Crippen LogP contribution in [0, 0.1) is 6.42 Å². The number of unbranched alkanes of at least 4 members (excludes halogenated alkanes) is 6. The minimum atomic E-state index is -0.325. The number of aldehydes is 1. The van der Waals surface area contributed by atoms with Gasteiger partial charge in [-0.3, -0.25) is 4.79 Å². The molecule has 1 aromatic rings. The Bertz CT molecular complexity index is 515. The number of esters is 1. The Morgan fingerprint density at radius 3 is 2.35 bits per heavy atom. The van der Waals surface area contributed by atoms with Crippen LogP contribution in [0.15, 0.2) is 24.3 Å². The molecule has 0 bridgehead atoms. The molecule has 26 heavy (non-hydrogen) atoms. The quantitative estimate of drug-likeness (QED) is 0.296. The van der Waals surface area contributed by atoms with Gasteiger partial charge in [-0.15, -0.1) is 0 Å². The molecule has 145 valence electrons. The molecule has 2 N–H and O–H groups in total. The predicted molar refractivity (Wildman–Crippen MR) is 103 cm³/mol. The number of methoxy groups -OCH3 is 1. The number of nitrogens with one attached hydrogen (secondary N) is 1. The second-order valence-corrected chi connectivity index (χ2v) is 6.64. The van der Waals surface area contributed by atoms with Crippen LogP contribution >= 0.6 is 0 Å². The van der Waals surface area contributed by atoms with E-state index in [0.717, 1.165) is 56.8 Å². The molecule has 0 aromatic heterocycles. The first-order chi connectivity index (χ1) is 12.6. The second-order valence-electron chi connectivity index (χ2n) is 6.64. The Hall–Kier alpha value is -1.88. The first-order valence-corrected chi connectivity index (χ1v) is 9.48. The molecule has 0 saturated heterocycles. The highest BCUT2D eigenvalue weighted by Crippen LogP contribution is 2.19. The average molecular weight is 362 g/mol. The summed E-state index contributed by atoms with van der Waals surface area (Å²) in [4.78, 5) is 21.9. The Morgan fingerprint density at radius 2 is 1.73 bits per heavy atom. The Kier molecular flexibility index (Phi) is 11.4. The summed E-state index contributed by atoms with van der Waals surface area (Å²) in [6.45, 7) is 2.04. The number of rotatable bonds is 14. The lowest BCUT2D eigenvalue weighted by molar-refractivity contribution is -0.137. The molecule has 5 heteroatoms. The van der Waals surface area contributed by atoms with Crippen LogP contribution in [0.3, 0.4) is 0 Å². The summed E-state index contributed by atoms with van der Waals surface area (Å²) >= 11 is 0. The van der Waals surface area contributed by atoms with Gasteiger partial charge >= 0.3 is 5.97 Å². The van der Waals surface area contributed by atoms with Crippen LogP contribution in [-0.4, -0.2) is 30.5 Å². The zero-order chi connectivity index (χ0) is 19.2. The van der Waals surface area contributed by atoms with Gasteiger partial charge < -0.3 is 20.0 Å². The minimum absolute atomic E-state index is 0.0543. The summed E-state index contributed by atoms with van der Waals surface area (Å²) in [7, 11) is 1.39. The number of aromatic hydroxyl groups is 1. The van der Waals surface area contributed by atoms with E-state index in [4.69, 9.17) is 4.74 Å². The summed E-state index contributed by atoms with van der Waals surface area (Å²) in [5, 5.41) is 12.9. The monoisotopic (exact) mass is 362 g/mol. The normalized spacial score (nSPS) is 13.2. The van der Waals surface area contributed by atoms with Gasteiger partial charge in [0.05, 0.1) is 13.5 Å². The van der Waals surface area contributed by atoms with E-state index in [2.05, 4.69) is 5.32 Å². The van der Waals surface area contributed by atoms with E-state index in [-0.39, 0.29) is 23.8 Å². The fourth-order valence-corrected chi connectivity index (χ4v) is 2.93. The number of phenols is 1. The molecule has 0 aliphatic heterocycles. The zero-order valence-corrected chi connectivity index (χ0v) is 15.9. The zero-order valence-electron chi connectivity index (χ0n) is 15.9. The van der Waals surface area contributed by atoms with E-state index < -0.39 is 0 Å². The molecule has 1 aromatic carbocycles. The van der Waals surface area contributed by atoms with Crippen LogP contribution in [0.5, 0.6) is 5.75 Å². The van der Waals surface area contributed by atoms with Crippen molar-refractivity contribution in [2.75, 3.05) is 7.11 Å². The Morgan fingerprint density at radius 1 is 1.12 bits per heavy atom. The highest BCUT2D eigenvalue weighted by Gasteiger charge is 2.17. The Labute approximate surface area is 157 Å². The van der Waals surface area contributed by atoms with Gasteiger partial charge in [-0.05, 0) is 37.5 Å². The van der Waals surface area contributed by atoms with E-state index in [1.165, 1.54) is 7.11 Å². The molecule has 1 radical (unpaired) electrons. The van der Waals surface area contributed by atoms with Crippen molar-refractivity contribution >= 4 is 12.3 Å². The van der Waals surface area contributed by atoms with Gasteiger partial charge in [-0.1, -0.05) is 44.2 Å². The van der Waals surface area contributed by atoms with Gasteiger partial charge in [0.15, 0.2) is 0 Å². The van der Waals surface area contributed by atoms with Gasteiger partial charge in [-0.25, -0.2) is 0 Å². The van der Waals surface area contributed by atoms with Crippen molar-refractivity contribution < 1.29 is 19.4 Å². The number of carbonyl (C=O) groups is 2. The largest absolute Gasteiger partial charge is 0.508 e. The fourth-order valence-electron chi connectivity index (χ4n) is 2.93. The highest BCUT2D eigenvalue weighted by molar-refractivity contribution is 5.79. The third-order valence-corrected chi connectivity index (χ3v) is 4.48. The third kappa shape index (κ3) is 9.56. The summed E-state index contributed by atoms with van der Waals surface area (Å²) < 4.78 is 4.77. The fraction of sp³-hybridized carbons (Fsp3) is 0.571. The van der Waals surface area contributed by atoms with Gasteiger partial charge in [0, 0.05) is 18.5 Å². The van der Waals surface area contributed by atoms with Crippen molar-refractivity contribution in [3.63, 3.8) is 0 Å². The second kappa shape index (κ2) is 13.3. The van der Waals surface area contributed by atoms with Crippen LogP contribution in [0.4, 0.5) is 0 Å². The van der Waals surface area contributed by atoms with Crippen molar-refractivity contribution in [1.82, 2.24) is 5.32 Å². The number of hydrogen-bond donors (Lipinski definition) is 2. The standard InChI is InChI=1S/C21H32NO4/c1-17(18-11-13-20(24)14-12-18)22-19(16-21(25)26-2)10-8-6-4-3-5-7-9-15-23/h11-17,19,22,24H,3-10H2,1-2H3. The van der Waals surface area contributed by atoms with E-state index in [9.17, 15) is 14.7 Å². The van der Waals surface area contributed by atoms with Crippen LogP contribution in [-0.2, 0) is 14.3 Å². The Balaban J connectivity index is 2.39. The number of benzene rings is 1. The summed E-state index contributed by atoms with van der Waals surface area (Å²) in [6, 6.07) is 7.09. The van der Waals surface area contributed by atoms with E-state index >= 15 is 0 Å². The first-order valence-electron chi connectivity index (χ1n) is 9.48. The lowest BCUT2D eigenvalue weighted by Gasteiger charge is -2.23. The van der Waals surface area contributed by atoms with Gasteiger partial charge in [0.1, 0.15) is 12.0 Å². The molecular formula is C21H32NO4. The molecule has 0 aliphatic carbocycles. The van der Waals surface area contributed by atoms with Crippen molar-refractivity contribution in [2.24, 2.45) is 0 Å². The summed E-state index contributed by atoms with van der Waals surface area (Å²) in [6.07, 6.45) is 10.6. The molecule has 2 atom stereocenters. The predicted octanol–water partition coefficient (Wildman–Crippen LogP) is 4.11.